The molecule has 0 aromatic carbocycles. The van der Waals surface area contributed by atoms with Gasteiger partial charge in [0, 0.05) is 5.56 Å². The van der Waals surface area contributed by atoms with Crippen LogP contribution < -0.4 is 4.74 Å². The van der Waals surface area contributed by atoms with Crippen LogP contribution in [0, 0.1) is 6.92 Å². The Morgan fingerprint density at radius 3 is 2.50 bits per heavy atom. The molecule has 0 saturated carbocycles. The topological polar surface area (TPSA) is 22.4 Å². The van der Waals surface area contributed by atoms with Crippen molar-refractivity contribution < 1.29 is 9.15 Å². The van der Waals surface area contributed by atoms with Gasteiger partial charge in [-0.2, -0.15) is 0 Å². The van der Waals surface area contributed by atoms with Crippen LogP contribution >= 0.6 is 0 Å². The van der Waals surface area contributed by atoms with E-state index in [2.05, 4.69) is 0 Å². The number of rotatable bonds is 1. The highest BCUT2D eigenvalue weighted by atomic mass is 16.5. The van der Waals surface area contributed by atoms with Crippen LogP contribution in [0.3, 0.4) is 0 Å². The second-order valence-electron chi connectivity index (χ2n) is 1.62. The van der Waals surface area contributed by atoms with Gasteiger partial charge in [-0.1, -0.05) is 0 Å². The Morgan fingerprint density at radius 1 is 1.50 bits per heavy atom. The van der Waals surface area contributed by atoms with Crippen LogP contribution in [0.15, 0.2) is 16.9 Å². The smallest absolute Gasteiger partial charge is 0.159 e. The predicted octanol–water partition coefficient (Wildman–Crippen LogP) is 1.60. The van der Waals surface area contributed by atoms with Gasteiger partial charge in [0.15, 0.2) is 5.75 Å². The Labute approximate surface area is 48.1 Å². The van der Waals surface area contributed by atoms with Crippen LogP contribution in [0.1, 0.15) is 5.56 Å². The standard InChI is InChI=1S/C6H8O2/c1-5-3-8-4-6(5)7-2/h3-4H,1-2H3. The van der Waals surface area contributed by atoms with Gasteiger partial charge < -0.3 is 9.15 Å². The first-order valence-corrected chi connectivity index (χ1v) is 2.41. The van der Waals surface area contributed by atoms with Crippen LogP contribution in [0.25, 0.3) is 0 Å². The highest BCUT2D eigenvalue weighted by molar-refractivity contribution is 5.25. The van der Waals surface area contributed by atoms with Gasteiger partial charge in [-0.3, -0.25) is 0 Å². The minimum Gasteiger partial charge on any atom is -0.493 e. The Morgan fingerprint density at radius 2 is 2.25 bits per heavy atom. The molecular weight excluding hydrogens is 104 g/mol. The third-order valence-electron chi connectivity index (χ3n) is 1.03. The van der Waals surface area contributed by atoms with Crippen LogP contribution in [-0.4, -0.2) is 7.11 Å². The van der Waals surface area contributed by atoms with Crippen molar-refractivity contribution in [3.63, 3.8) is 0 Å². The normalized spacial score (nSPS) is 9.25. The highest BCUT2D eigenvalue weighted by Gasteiger charge is 1.95. The molecule has 1 rings (SSSR count). The molecule has 2 nitrogen and oxygen atoms in total. The number of ether oxygens (including phenoxy) is 1. The van der Waals surface area contributed by atoms with E-state index in [0.29, 0.717) is 0 Å². The SMILES string of the molecule is COc1cocc1C. The van der Waals surface area contributed by atoms with Gasteiger partial charge in [0.2, 0.25) is 0 Å². The van der Waals surface area contributed by atoms with Gasteiger partial charge in [-0.25, -0.2) is 0 Å². The minimum absolute atomic E-state index is 0.810. The quantitative estimate of drug-likeness (QED) is 0.550. The summed E-state index contributed by atoms with van der Waals surface area (Å²) >= 11 is 0. The molecule has 2 heteroatoms. The molecular formula is C6H8O2. The molecule has 0 unspecified atom stereocenters. The zero-order valence-electron chi connectivity index (χ0n) is 4.97. The number of hydrogen-bond donors (Lipinski definition) is 0. The van der Waals surface area contributed by atoms with Crippen molar-refractivity contribution in [2.24, 2.45) is 0 Å². The fourth-order valence-electron chi connectivity index (χ4n) is 0.558. The Bertz CT molecular complexity index is 167. The molecule has 1 heterocycles. The summed E-state index contributed by atoms with van der Waals surface area (Å²) in [4.78, 5) is 0. The molecule has 0 bridgehead atoms. The van der Waals surface area contributed by atoms with E-state index in [-0.39, 0.29) is 0 Å². The third kappa shape index (κ3) is 0.689. The van der Waals surface area contributed by atoms with Gasteiger partial charge in [0.25, 0.3) is 0 Å². The summed E-state index contributed by atoms with van der Waals surface area (Å²) < 4.78 is 9.70. The predicted molar refractivity (Wildman–Crippen MR) is 30.0 cm³/mol. The van der Waals surface area contributed by atoms with Crippen molar-refractivity contribution in [3.05, 3.63) is 18.1 Å². The van der Waals surface area contributed by atoms with Crippen molar-refractivity contribution in [2.45, 2.75) is 6.92 Å². The highest BCUT2D eigenvalue weighted by Crippen LogP contribution is 2.16. The fraction of sp³-hybridized carbons (Fsp3) is 0.333. The van der Waals surface area contributed by atoms with E-state index in [0.717, 1.165) is 11.3 Å². The Hall–Kier alpha value is -0.920. The van der Waals surface area contributed by atoms with E-state index in [1.54, 1.807) is 19.6 Å². The summed E-state index contributed by atoms with van der Waals surface area (Å²) in [7, 11) is 1.62. The number of furan rings is 1. The maximum Gasteiger partial charge on any atom is 0.159 e. The molecule has 1 aromatic heterocycles. The van der Waals surface area contributed by atoms with Crippen LogP contribution in [0.5, 0.6) is 5.75 Å². The first-order chi connectivity index (χ1) is 3.84. The van der Waals surface area contributed by atoms with Gasteiger partial charge in [0.1, 0.15) is 6.26 Å². The first kappa shape index (κ1) is 5.22. The molecule has 0 amide bonds. The zero-order chi connectivity index (χ0) is 5.98. The zero-order valence-corrected chi connectivity index (χ0v) is 4.97. The molecule has 0 radical (unpaired) electrons. The maximum atomic E-state index is 4.89. The molecule has 8 heavy (non-hydrogen) atoms. The average Bonchev–Trinajstić information content (AvgIpc) is 2.14. The molecule has 1 aromatic rings. The summed E-state index contributed by atoms with van der Waals surface area (Å²) in [6.07, 6.45) is 3.23. The summed E-state index contributed by atoms with van der Waals surface area (Å²) in [5.74, 6) is 0.810. The van der Waals surface area contributed by atoms with Crippen molar-refractivity contribution in [3.8, 4) is 5.75 Å². The van der Waals surface area contributed by atoms with Crippen molar-refractivity contribution >= 4 is 0 Å². The number of aryl methyl sites for hydroxylation is 1. The molecule has 0 aliphatic rings. The summed E-state index contributed by atoms with van der Waals surface area (Å²) in [6.45, 7) is 1.93. The second-order valence-corrected chi connectivity index (χ2v) is 1.62. The molecule has 0 spiro atoms. The molecule has 0 aliphatic heterocycles. The van der Waals surface area contributed by atoms with Gasteiger partial charge in [-0.05, 0) is 6.92 Å². The van der Waals surface area contributed by atoms with E-state index < -0.39 is 0 Å². The lowest BCUT2D eigenvalue weighted by Gasteiger charge is -1.90. The number of methoxy groups -OCH3 is 1. The molecule has 0 fully saturated rings. The Balaban J connectivity index is 2.92. The lowest BCUT2D eigenvalue weighted by atomic mass is 10.4. The van der Waals surface area contributed by atoms with E-state index in [4.69, 9.17) is 9.15 Å². The van der Waals surface area contributed by atoms with Gasteiger partial charge in [-0.15, -0.1) is 0 Å². The summed E-state index contributed by atoms with van der Waals surface area (Å²) in [5.41, 5.74) is 1.03. The largest absolute Gasteiger partial charge is 0.493 e. The van der Waals surface area contributed by atoms with Crippen LogP contribution in [0.2, 0.25) is 0 Å². The Kier molecular flexibility index (Phi) is 1.24. The average molecular weight is 112 g/mol. The second kappa shape index (κ2) is 1.90. The van der Waals surface area contributed by atoms with Crippen molar-refractivity contribution in [1.82, 2.24) is 0 Å². The molecule has 0 saturated heterocycles. The van der Waals surface area contributed by atoms with Crippen molar-refractivity contribution in [1.29, 1.82) is 0 Å². The summed E-state index contributed by atoms with van der Waals surface area (Å²) in [6, 6.07) is 0. The lowest BCUT2D eigenvalue weighted by Crippen LogP contribution is -1.79. The fourth-order valence-corrected chi connectivity index (χ4v) is 0.558. The van der Waals surface area contributed by atoms with Gasteiger partial charge in [0.05, 0.1) is 13.4 Å². The van der Waals surface area contributed by atoms with Crippen LogP contribution in [-0.2, 0) is 0 Å². The van der Waals surface area contributed by atoms with E-state index in [1.807, 2.05) is 6.92 Å². The van der Waals surface area contributed by atoms with Gasteiger partial charge >= 0.3 is 0 Å². The van der Waals surface area contributed by atoms with E-state index >= 15 is 0 Å². The monoisotopic (exact) mass is 112 g/mol. The van der Waals surface area contributed by atoms with Crippen molar-refractivity contribution in [2.75, 3.05) is 7.11 Å². The molecule has 44 valence electrons. The number of hydrogen-bond acceptors (Lipinski definition) is 2. The molecule has 0 aliphatic carbocycles. The summed E-state index contributed by atoms with van der Waals surface area (Å²) in [5, 5.41) is 0. The molecule has 0 atom stereocenters. The van der Waals surface area contributed by atoms with Crippen LogP contribution in [0.4, 0.5) is 0 Å². The first-order valence-electron chi connectivity index (χ1n) is 2.41. The lowest BCUT2D eigenvalue weighted by molar-refractivity contribution is 0.404. The third-order valence-corrected chi connectivity index (χ3v) is 1.03. The maximum absolute atomic E-state index is 4.89. The van der Waals surface area contributed by atoms with E-state index in [1.165, 1.54) is 0 Å². The van der Waals surface area contributed by atoms with E-state index in [9.17, 15) is 0 Å². The molecule has 0 N–H and O–H groups in total. The minimum atomic E-state index is 0.810.